The molecule has 0 bridgehead atoms. The van der Waals surface area contributed by atoms with Gasteiger partial charge >= 0.3 is 0 Å². The van der Waals surface area contributed by atoms with Gasteiger partial charge < -0.3 is 33.6 Å². The van der Waals surface area contributed by atoms with Crippen LogP contribution in [0.4, 0.5) is 0 Å². The SMILES string of the molecule is COc1ccc(CO[C@@H]2CC([C@@H](O)[C@H](O[Si](c3ccccc3)(c3ccccc3)C(C)(C)C)[C@H](C)CCOCc3ccccc3)O[C@@H]2CO)cc1. The van der Waals surface area contributed by atoms with Gasteiger partial charge in [-0.2, -0.15) is 0 Å². The Labute approximate surface area is 299 Å². The van der Waals surface area contributed by atoms with E-state index in [2.05, 4.69) is 88.4 Å². The van der Waals surface area contributed by atoms with Gasteiger partial charge in [-0.15, -0.1) is 0 Å². The number of benzene rings is 4. The number of aliphatic hydroxyl groups excluding tert-OH is 2. The third-order valence-electron chi connectivity index (χ3n) is 9.87. The second kappa shape index (κ2) is 17.7. The minimum Gasteiger partial charge on any atom is -0.497 e. The Morgan fingerprint density at radius 3 is 1.90 bits per heavy atom. The zero-order chi connectivity index (χ0) is 35.6. The minimum absolute atomic E-state index is 0.0853. The standard InChI is InChI=1S/C42H54O7Si/c1-31(25-26-46-29-32-15-9-6-10-16-32)41(49-50(42(2,3)4,35-17-11-7-12-18-35)36-19-13-8-14-20-36)40(44)38-27-37(39(28-43)48-38)47-30-33-21-23-34(45-5)24-22-33/h6-24,31,37-41,43-44H,25-30H2,1-5H3/t31-,37-,38?,39-,40-,41-/m1/s1. The molecular weight excluding hydrogens is 645 g/mol. The van der Waals surface area contributed by atoms with E-state index in [-0.39, 0.29) is 23.7 Å². The molecule has 1 aliphatic rings. The van der Waals surface area contributed by atoms with Crippen molar-refractivity contribution in [2.75, 3.05) is 20.3 Å². The fourth-order valence-corrected chi connectivity index (χ4v) is 11.9. The summed E-state index contributed by atoms with van der Waals surface area (Å²) < 4.78 is 31.8. The maximum absolute atomic E-state index is 12.4. The lowest BCUT2D eigenvalue weighted by Gasteiger charge is -2.47. The molecule has 7 nitrogen and oxygen atoms in total. The van der Waals surface area contributed by atoms with Crippen molar-refractivity contribution < 1.29 is 33.6 Å². The highest BCUT2D eigenvalue weighted by Gasteiger charge is 2.54. The van der Waals surface area contributed by atoms with Crippen LogP contribution >= 0.6 is 0 Å². The average molecular weight is 699 g/mol. The fraction of sp³-hybridized carbons (Fsp3) is 0.429. The number of ether oxygens (including phenoxy) is 4. The largest absolute Gasteiger partial charge is 0.497 e. The highest BCUT2D eigenvalue weighted by Crippen LogP contribution is 2.40. The molecule has 0 spiro atoms. The Hall–Kier alpha value is -3.34. The lowest BCUT2D eigenvalue weighted by atomic mass is 9.92. The van der Waals surface area contributed by atoms with Gasteiger partial charge in [-0.05, 0) is 51.0 Å². The number of hydrogen-bond acceptors (Lipinski definition) is 7. The third kappa shape index (κ3) is 9.11. The van der Waals surface area contributed by atoms with E-state index in [1.54, 1.807) is 7.11 Å². The predicted molar refractivity (Wildman–Crippen MR) is 200 cm³/mol. The smallest absolute Gasteiger partial charge is 0.261 e. The van der Waals surface area contributed by atoms with Crippen molar-refractivity contribution in [1.82, 2.24) is 0 Å². The molecule has 268 valence electrons. The Morgan fingerprint density at radius 1 is 0.800 bits per heavy atom. The van der Waals surface area contributed by atoms with Crippen LogP contribution in [0.25, 0.3) is 0 Å². The van der Waals surface area contributed by atoms with Gasteiger partial charge in [0, 0.05) is 13.0 Å². The number of aliphatic hydroxyl groups is 2. The second-order valence-corrected chi connectivity index (χ2v) is 18.6. The molecule has 0 amide bonds. The van der Waals surface area contributed by atoms with Crippen LogP contribution in [0.1, 0.15) is 51.7 Å². The summed E-state index contributed by atoms with van der Waals surface area (Å²) in [5.74, 6) is 0.693. The van der Waals surface area contributed by atoms with Crippen molar-refractivity contribution in [3.63, 3.8) is 0 Å². The summed E-state index contributed by atoms with van der Waals surface area (Å²) in [6.45, 7) is 10.0. The molecule has 2 N–H and O–H groups in total. The molecule has 8 heteroatoms. The van der Waals surface area contributed by atoms with Gasteiger partial charge in [-0.1, -0.05) is 131 Å². The van der Waals surface area contributed by atoms with Crippen LogP contribution in [0, 0.1) is 5.92 Å². The van der Waals surface area contributed by atoms with Crippen LogP contribution in [-0.4, -0.2) is 69.4 Å². The van der Waals surface area contributed by atoms with Crippen LogP contribution in [0.15, 0.2) is 115 Å². The molecule has 6 atom stereocenters. The van der Waals surface area contributed by atoms with Crippen molar-refractivity contribution in [3.8, 4) is 5.75 Å². The van der Waals surface area contributed by atoms with Crippen molar-refractivity contribution in [2.24, 2.45) is 5.92 Å². The first-order valence-corrected chi connectivity index (χ1v) is 19.7. The monoisotopic (exact) mass is 698 g/mol. The topological polar surface area (TPSA) is 86.6 Å². The summed E-state index contributed by atoms with van der Waals surface area (Å²) in [6.07, 6.45) is -2.01. The third-order valence-corrected chi connectivity index (χ3v) is 14.9. The minimum atomic E-state index is -3.05. The van der Waals surface area contributed by atoms with Gasteiger partial charge in [0.25, 0.3) is 8.32 Å². The lowest BCUT2D eigenvalue weighted by Crippen LogP contribution is -2.69. The van der Waals surface area contributed by atoms with E-state index >= 15 is 0 Å². The molecule has 1 heterocycles. The molecule has 1 fully saturated rings. The maximum Gasteiger partial charge on any atom is 0.261 e. The fourth-order valence-electron chi connectivity index (χ4n) is 7.06. The molecule has 0 aliphatic carbocycles. The van der Waals surface area contributed by atoms with Crippen LogP contribution in [0.5, 0.6) is 5.75 Å². The zero-order valence-corrected chi connectivity index (χ0v) is 31.1. The first kappa shape index (κ1) is 37.9. The van der Waals surface area contributed by atoms with E-state index in [1.807, 2.05) is 54.6 Å². The first-order valence-electron chi connectivity index (χ1n) is 17.8. The number of hydrogen-bond donors (Lipinski definition) is 2. The van der Waals surface area contributed by atoms with E-state index in [4.69, 9.17) is 23.4 Å². The molecular formula is C42H54O7Si. The van der Waals surface area contributed by atoms with Crippen molar-refractivity contribution in [1.29, 1.82) is 0 Å². The normalized spacial score (nSPS) is 19.9. The average Bonchev–Trinajstić information content (AvgIpc) is 3.57. The van der Waals surface area contributed by atoms with E-state index in [9.17, 15) is 10.2 Å². The first-order chi connectivity index (χ1) is 24.2. The highest BCUT2D eigenvalue weighted by molar-refractivity contribution is 6.99. The Morgan fingerprint density at radius 2 is 1.36 bits per heavy atom. The molecule has 1 unspecified atom stereocenters. The molecule has 1 aliphatic heterocycles. The van der Waals surface area contributed by atoms with E-state index in [0.717, 1.165) is 27.2 Å². The molecule has 4 aromatic rings. The summed E-state index contributed by atoms with van der Waals surface area (Å²) in [5, 5.41) is 24.7. The summed E-state index contributed by atoms with van der Waals surface area (Å²) >= 11 is 0. The Balaban J connectivity index is 1.42. The van der Waals surface area contributed by atoms with Crippen LogP contribution < -0.4 is 15.1 Å². The van der Waals surface area contributed by atoms with Crippen molar-refractivity contribution in [3.05, 3.63) is 126 Å². The lowest BCUT2D eigenvalue weighted by molar-refractivity contribution is -0.109. The van der Waals surface area contributed by atoms with E-state index < -0.39 is 32.7 Å². The highest BCUT2D eigenvalue weighted by atomic mass is 28.4. The molecule has 0 radical (unpaired) electrons. The molecule has 5 rings (SSSR count). The number of methoxy groups -OCH3 is 1. The zero-order valence-electron chi connectivity index (χ0n) is 30.1. The van der Waals surface area contributed by atoms with Gasteiger partial charge in [0.2, 0.25) is 0 Å². The van der Waals surface area contributed by atoms with Gasteiger partial charge in [-0.3, -0.25) is 0 Å². The van der Waals surface area contributed by atoms with E-state index in [0.29, 0.717) is 32.7 Å². The number of rotatable bonds is 17. The molecule has 4 aromatic carbocycles. The summed E-state index contributed by atoms with van der Waals surface area (Å²) in [4.78, 5) is 0. The second-order valence-electron chi connectivity index (χ2n) is 14.4. The van der Waals surface area contributed by atoms with Crippen LogP contribution in [0.3, 0.4) is 0 Å². The van der Waals surface area contributed by atoms with Gasteiger partial charge in [0.15, 0.2) is 0 Å². The van der Waals surface area contributed by atoms with Crippen LogP contribution in [0.2, 0.25) is 5.04 Å². The van der Waals surface area contributed by atoms with Gasteiger partial charge in [0.05, 0.1) is 45.2 Å². The molecule has 0 saturated carbocycles. The Bertz CT molecular complexity index is 1510. The summed E-state index contributed by atoms with van der Waals surface area (Å²) in [6, 6.07) is 38.9. The summed E-state index contributed by atoms with van der Waals surface area (Å²) in [5.41, 5.74) is 2.11. The maximum atomic E-state index is 12.4. The van der Waals surface area contributed by atoms with Gasteiger partial charge in [-0.25, -0.2) is 0 Å². The van der Waals surface area contributed by atoms with Crippen molar-refractivity contribution in [2.45, 2.75) is 89.3 Å². The van der Waals surface area contributed by atoms with Crippen LogP contribution in [-0.2, 0) is 31.9 Å². The van der Waals surface area contributed by atoms with E-state index in [1.165, 1.54) is 0 Å². The van der Waals surface area contributed by atoms with Gasteiger partial charge in [0.1, 0.15) is 18.0 Å². The predicted octanol–water partition coefficient (Wildman–Crippen LogP) is 6.28. The summed E-state index contributed by atoms with van der Waals surface area (Å²) in [7, 11) is -1.40. The molecule has 1 saturated heterocycles. The molecule has 50 heavy (non-hydrogen) atoms. The Kier molecular flexibility index (Phi) is 13.4. The molecule has 0 aromatic heterocycles. The quantitative estimate of drug-likeness (QED) is 0.0993. The van der Waals surface area contributed by atoms with Crippen molar-refractivity contribution >= 4 is 18.7 Å².